The predicted octanol–water partition coefficient (Wildman–Crippen LogP) is 4.65. The van der Waals surface area contributed by atoms with E-state index >= 15 is 0 Å². The minimum atomic E-state index is -1.15. The van der Waals surface area contributed by atoms with Gasteiger partial charge in [-0.3, -0.25) is 14.2 Å². The maximum atomic E-state index is 14.4. The molecule has 0 spiro atoms. The number of Topliss-reactive ketones (excluding diaryl/α,β-unsaturated/α-hetero) is 1. The molecule has 0 bridgehead atoms. The summed E-state index contributed by atoms with van der Waals surface area (Å²) in [7, 11) is 1.33. The van der Waals surface area contributed by atoms with Crippen LogP contribution in [0.5, 0.6) is 0 Å². The second kappa shape index (κ2) is 9.26. The number of benzene rings is 2. The van der Waals surface area contributed by atoms with Crippen molar-refractivity contribution in [2.75, 3.05) is 11.4 Å². The monoisotopic (exact) mass is 498 g/mol. The second-order valence-electron chi connectivity index (χ2n) is 8.50. The molecule has 1 aliphatic heterocycles. The summed E-state index contributed by atoms with van der Waals surface area (Å²) in [4.78, 5) is 36.8. The van der Waals surface area contributed by atoms with E-state index in [2.05, 4.69) is 9.97 Å². The Bertz CT molecular complexity index is 1460. The molecule has 35 heavy (non-hydrogen) atoms. The molecule has 5 rings (SSSR count). The summed E-state index contributed by atoms with van der Waals surface area (Å²) >= 11 is 1.10. The molecule has 4 aromatic rings. The van der Waals surface area contributed by atoms with Gasteiger partial charge in [-0.2, -0.15) is 0 Å². The minimum absolute atomic E-state index is 0.0570. The molecule has 0 unspecified atom stereocenters. The molecule has 1 aliphatic rings. The largest absolute Gasteiger partial charge is 0.338 e. The van der Waals surface area contributed by atoms with E-state index in [1.807, 2.05) is 35.2 Å². The summed E-state index contributed by atoms with van der Waals surface area (Å²) in [5, 5.41) is 0.470. The lowest BCUT2D eigenvalue weighted by Gasteiger charge is -2.22. The standard InChI is InChI=1S/C25H21F3N4O2S/c1-31-22(20-16(27)12-15(26)13-17(20)28)30-23-21(24(31)34)29-25(35-23)32-11-5-8-18(32)19(33)10-9-14-6-3-2-4-7-14/h2-4,6-7,12-13,18H,5,8-11H2,1H3/t18-/m1/s1. The van der Waals surface area contributed by atoms with Crippen LogP contribution in [0, 0.1) is 17.5 Å². The topological polar surface area (TPSA) is 68.1 Å². The fraction of sp³-hybridized carbons (Fsp3) is 0.280. The van der Waals surface area contributed by atoms with Crippen LogP contribution in [0.25, 0.3) is 21.7 Å². The molecule has 0 amide bonds. The number of nitrogens with zero attached hydrogens (tertiary/aromatic N) is 4. The van der Waals surface area contributed by atoms with E-state index in [4.69, 9.17) is 0 Å². The Morgan fingerprint density at radius 3 is 2.54 bits per heavy atom. The van der Waals surface area contributed by atoms with Crippen LogP contribution in [0.4, 0.5) is 18.3 Å². The second-order valence-corrected chi connectivity index (χ2v) is 9.45. The normalized spacial score (nSPS) is 15.8. The van der Waals surface area contributed by atoms with E-state index in [1.165, 1.54) is 7.05 Å². The van der Waals surface area contributed by atoms with Crippen LogP contribution in [0.1, 0.15) is 24.8 Å². The molecule has 180 valence electrons. The number of rotatable bonds is 6. The van der Waals surface area contributed by atoms with Gasteiger partial charge in [0.25, 0.3) is 5.56 Å². The number of halogens is 3. The van der Waals surface area contributed by atoms with Crippen LogP contribution in [-0.4, -0.2) is 32.9 Å². The molecule has 1 atom stereocenters. The van der Waals surface area contributed by atoms with Gasteiger partial charge in [0.15, 0.2) is 21.3 Å². The number of anilines is 1. The minimum Gasteiger partial charge on any atom is -0.338 e. The Morgan fingerprint density at radius 2 is 1.83 bits per heavy atom. The van der Waals surface area contributed by atoms with Crippen molar-refractivity contribution < 1.29 is 18.0 Å². The SMILES string of the molecule is Cn1c(-c2c(F)cc(F)cc2F)nc2sc(N3CCC[C@@H]3C(=O)CCc3ccccc3)nc2c1=O. The Morgan fingerprint density at radius 1 is 1.11 bits per heavy atom. The first-order chi connectivity index (χ1) is 16.8. The van der Waals surface area contributed by atoms with E-state index in [0.717, 1.165) is 27.9 Å². The summed E-state index contributed by atoms with van der Waals surface area (Å²) in [6, 6.07) is 10.5. The lowest BCUT2D eigenvalue weighted by molar-refractivity contribution is -0.120. The summed E-state index contributed by atoms with van der Waals surface area (Å²) < 4.78 is 43.2. The molecular weight excluding hydrogens is 477 g/mol. The zero-order chi connectivity index (χ0) is 24.7. The Kier molecular flexibility index (Phi) is 6.14. The number of hydrogen-bond acceptors (Lipinski definition) is 6. The molecule has 2 aromatic heterocycles. The summed E-state index contributed by atoms with van der Waals surface area (Å²) in [6.45, 7) is 0.607. The quantitative estimate of drug-likeness (QED) is 0.387. The van der Waals surface area contributed by atoms with Crippen molar-refractivity contribution in [1.82, 2.24) is 14.5 Å². The van der Waals surface area contributed by atoms with E-state index in [9.17, 15) is 22.8 Å². The van der Waals surface area contributed by atoms with Gasteiger partial charge in [0.05, 0.1) is 11.6 Å². The van der Waals surface area contributed by atoms with Gasteiger partial charge in [0.2, 0.25) is 0 Å². The number of hydrogen-bond donors (Lipinski definition) is 0. The molecule has 10 heteroatoms. The fourth-order valence-electron chi connectivity index (χ4n) is 4.45. The summed E-state index contributed by atoms with van der Waals surface area (Å²) in [5.41, 5.74) is -0.0211. The van der Waals surface area contributed by atoms with Gasteiger partial charge >= 0.3 is 0 Å². The average Bonchev–Trinajstić information content (AvgIpc) is 3.48. The van der Waals surface area contributed by atoms with Crippen molar-refractivity contribution in [2.45, 2.75) is 31.7 Å². The van der Waals surface area contributed by atoms with Gasteiger partial charge < -0.3 is 4.90 Å². The number of carbonyl (C=O) groups is 1. The van der Waals surface area contributed by atoms with Crippen LogP contribution >= 0.6 is 11.3 Å². The molecule has 0 saturated carbocycles. The van der Waals surface area contributed by atoms with Crippen LogP contribution in [-0.2, 0) is 18.3 Å². The van der Waals surface area contributed by atoms with Gasteiger partial charge in [-0.15, -0.1) is 0 Å². The van der Waals surface area contributed by atoms with Crippen molar-refractivity contribution >= 4 is 32.6 Å². The predicted molar refractivity (Wildman–Crippen MR) is 128 cm³/mol. The van der Waals surface area contributed by atoms with Crippen molar-refractivity contribution in [1.29, 1.82) is 0 Å². The third-order valence-electron chi connectivity index (χ3n) is 6.23. The highest BCUT2D eigenvalue weighted by Gasteiger charge is 2.33. The van der Waals surface area contributed by atoms with Gasteiger partial charge in [0, 0.05) is 32.1 Å². The maximum absolute atomic E-state index is 14.4. The van der Waals surface area contributed by atoms with Gasteiger partial charge in [-0.1, -0.05) is 41.7 Å². The highest BCUT2D eigenvalue weighted by atomic mass is 32.1. The van der Waals surface area contributed by atoms with E-state index < -0.39 is 28.6 Å². The first-order valence-electron chi connectivity index (χ1n) is 11.2. The van der Waals surface area contributed by atoms with Crippen molar-refractivity contribution in [2.24, 2.45) is 7.05 Å². The van der Waals surface area contributed by atoms with Crippen LogP contribution in [0.2, 0.25) is 0 Å². The highest BCUT2D eigenvalue weighted by Crippen LogP contribution is 2.34. The smallest absolute Gasteiger partial charge is 0.281 e. The van der Waals surface area contributed by atoms with Gasteiger partial charge in [-0.05, 0) is 24.8 Å². The first kappa shape index (κ1) is 23.2. The van der Waals surface area contributed by atoms with Crippen LogP contribution in [0.3, 0.4) is 0 Å². The summed E-state index contributed by atoms with van der Waals surface area (Å²) in [5.74, 6) is -3.53. The van der Waals surface area contributed by atoms with Crippen molar-refractivity contribution in [3.05, 3.63) is 75.8 Å². The van der Waals surface area contributed by atoms with Crippen LogP contribution < -0.4 is 10.5 Å². The lowest BCUT2D eigenvalue weighted by Crippen LogP contribution is -2.36. The summed E-state index contributed by atoms with van der Waals surface area (Å²) in [6.07, 6.45) is 2.53. The van der Waals surface area contributed by atoms with Gasteiger partial charge in [-0.25, -0.2) is 23.1 Å². The zero-order valence-electron chi connectivity index (χ0n) is 18.8. The maximum Gasteiger partial charge on any atom is 0.281 e. The van der Waals surface area contributed by atoms with E-state index in [-0.39, 0.29) is 28.0 Å². The van der Waals surface area contributed by atoms with E-state index in [1.54, 1.807) is 0 Å². The zero-order valence-corrected chi connectivity index (χ0v) is 19.6. The molecule has 0 N–H and O–H groups in total. The lowest BCUT2D eigenvalue weighted by atomic mass is 10.0. The Balaban J connectivity index is 1.47. The van der Waals surface area contributed by atoms with E-state index in [0.29, 0.717) is 43.1 Å². The number of aromatic nitrogens is 3. The molecule has 0 aliphatic carbocycles. The number of thiazole rings is 1. The van der Waals surface area contributed by atoms with Crippen molar-refractivity contribution in [3.63, 3.8) is 0 Å². The number of fused-ring (bicyclic) bond motifs is 1. The molecule has 1 saturated heterocycles. The molecule has 2 aromatic carbocycles. The number of aryl methyl sites for hydroxylation is 1. The Labute approximate surface area is 202 Å². The third-order valence-corrected chi connectivity index (χ3v) is 7.22. The molecule has 0 radical (unpaired) electrons. The van der Waals surface area contributed by atoms with Crippen LogP contribution in [0.15, 0.2) is 47.3 Å². The third kappa shape index (κ3) is 4.34. The molecule has 1 fully saturated rings. The Hall–Kier alpha value is -3.53. The average molecular weight is 499 g/mol. The molecule has 3 heterocycles. The molecule has 6 nitrogen and oxygen atoms in total. The number of ketones is 1. The highest BCUT2D eigenvalue weighted by molar-refractivity contribution is 7.21. The first-order valence-corrected chi connectivity index (χ1v) is 12.0. The fourth-order valence-corrected chi connectivity index (χ4v) is 5.46. The molecular formula is C25H21F3N4O2S. The van der Waals surface area contributed by atoms with Gasteiger partial charge in [0.1, 0.15) is 23.3 Å². The van der Waals surface area contributed by atoms with Crippen molar-refractivity contribution in [3.8, 4) is 11.4 Å². The number of carbonyl (C=O) groups excluding carboxylic acids is 1.